The molecule has 30 heavy (non-hydrogen) atoms. The van der Waals surface area contributed by atoms with Crippen LogP contribution in [0.3, 0.4) is 0 Å². The van der Waals surface area contributed by atoms with Crippen LogP contribution >= 0.6 is 11.3 Å². The topological polar surface area (TPSA) is 46.1 Å². The summed E-state index contributed by atoms with van der Waals surface area (Å²) in [5, 5.41) is 0.733. The molecule has 0 N–H and O–H groups in total. The molecule has 1 amide bonds. The number of carbonyl (C=O) groups is 1. The zero-order chi connectivity index (χ0) is 21.3. The Morgan fingerprint density at radius 2 is 1.80 bits per heavy atom. The van der Waals surface area contributed by atoms with Gasteiger partial charge in [0.1, 0.15) is 0 Å². The van der Waals surface area contributed by atoms with E-state index in [0.717, 1.165) is 26.5 Å². The summed E-state index contributed by atoms with van der Waals surface area (Å²) >= 11 is 1.58. The summed E-state index contributed by atoms with van der Waals surface area (Å²) in [4.78, 5) is 24.2. The summed E-state index contributed by atoms with van der Waals surface area (Å²) in [7, 11) is 0. The van der Waals surface area contributed by atoms with Crippen LogP contribution in [0.25, 0.3) is 10.2 Å². The van der Waals surface area contributed by atoms with Crippen LogP contribution in [0.2, 0.25) is 0 Å². The Kier molecular flexibility index (Phi) is 5.64. The van der Waals surface area contributed by atoms with Gasteiger partial charge in [0.25, 0.3) is 0 Å². The number of nitrogens with zero attached hydrogens (tertiary/aromatic N) is 3. The maximum absolute atomic E-state index is 13.4. The molecule has 0 aliphatic carbocycles. The highest BCUT2D eigenvalue weighted by molar-refractivity contribution is 7.22. The van der Waals surface area contributed by atoms with Crippen LogP contribution in [-0.2, 0) is 17.8 Å². The van der Waals surface area contributed by atoms with Gasteiger partial charge in [0, 0.05) is 12.4 Å². The fraction of sp³-hybridized carbons (Fsp3) is 0.240. The number of thiazole rings is 1. The summed E-state index contributed by atoms with van der Waals surface area (Å²) in [6.45, 7) is 8.79. The summed E-state index contributed by atoms with van der Waals surface area (Å²) in [5.41, 5.74) is 7.75. The average Bonchev–Trinajstić information content (AvgIpc) is 3.13. The maximum atomic E-state index is 13.4. The van der Waals surface area contributed by atoms with Gasteiger partial charge in [-0.1, -0.05) is 41.7 Å². The quantitative estimate of drug-likeness (QED) is 0.420. The summed E-state index contributed by atoms with van der Waals surface area (Å²) in [5.74, 6) is 0.0375. The van der Waals surface area contributed by atoms with E-state index in [4.69, 9.17) is 4.98 Å². The maximum Gasteiger partial charge on any atom is 0.233 e. The minimum absolute atomic E-state index is 0.0375. The first-order valence-electron chi connectivity index (χ1n) is 10.0. The molecule has 0 fully saturated rings. The molecule has 2 heterocycles. The molecular weight excluding hydrogens is 390 g/mol. The molecule has 0 unspecified atom stereocenters. The van der Waals surface area contributed by atoms with Gasteiger partial charge in [-0.2, -0.15) is 0 Å². The highest BCUT2D eigenvalue weighted by atomic mass is 32.1. The first-order valence-corrected chi connectivity index (χ1v) is 10.9. The monoisotopic (exact) mass is 415 g/mol. The van der Waals surface area contributed by atoms with Crippen molar-refractivity contribution in [2.24, 2.45) is 0 Å². The van der Waals surface area contributed by atoms with E-state index in [1.165, 1.54) is 22.3 Å². The molecule has 4 rings (SSSR count). The van der Waals surface area contributed by atoms with Crippen LogP contribution in [0.15, 0.2) is 54.9 Å². The number of fused-ring (bicyclic) bond motifs is 1. The molecule has 4 aromatic rings. The van der Waals surface area contributed by atoms with Gasteiger partial charge < -0.3 is 0 Å². The van der Waals surface area contributed by atoms with E-state index >= 15 is 0 Å². The van der Waals surface area contributed by atoms with E-state index in [9.17, 15) is 4.79 Å². The Hall–Kier alpha value is -3.05. The number of benzene rings is 2. The predicted octanol–water partition coefficient (Wildman–Crippen LogP) is 5.70. The number of amides is 1. The van der Waals surface area contributed by atoms with Crippen molar-refractivity contribution in [1.29, 1.82) is 0 Å². The van der Waals surface area contributed by atoms with E-state index < -0.39 is 0 Å². The Balaban J connectivity index is 1.71. The predicted molar refractivity (Wildman–Crippen MR) is 124 cm³/mol. The Labute approximate surface area is 181 Å². The van der Waals surface area contributed by atoms with Crippen molar-refractivity contribution in [2.75, 3.05) is 4.90 Å². The fourth-order valence-corrected chi connectivity index (χ4v) is 4.63. The van der Waals surface area contributed by atoms with Gasteiger partial charge in [0.15, 0.2) is 5.13 Å². The van der Waals surface area contributed by atoms with Gasteiger partial charge in [-0.3, -0.25) is 14.7 Å². The lowest BCUT2D eigenvalue weighted by Crippen LogP contribution is -2.31. The Bertz CT molecular complexity index is 1210. The van der Waals surface area contributed by atoms with Crippen LogP contribution in [0.4, 0.5) is 5.13 Å². The first-order chi connectivity index (χ1) is 14.4. The lowest BCUT2D eigenvalue weighted by molar-refractivity contribution is -0.118. The third-order valence-electron chi connectivity index (χ3n) is 5.33. The summed E-state index contributed by atoms with van der Waals surface area (Å²) in [6.07, 6.45) is 3.89. The number of hydrogen-bond acceptors (Lipinski definition) is 4. The van der Waals surface area contributed by atoms with Crippen molar-refractivity contribution in [3.63, 3.8) is 0 Å². The molecule has 152 valence electrons. The molecule has 0 aliphatic heterocycles. The lowest BCUT2D eigenvalue weighted by atomic mass is 10.0. The van der Waals surface area contributed by atoms with Gasteiger partial charge in [-0.15, -0.1) is 0 Å². The molecule has 0 aliphatic rings. The van der Waals surface area contributed by atoms with E-state index in [2.05, 4.69) is 56.9 Å². The number of aryl methyl sites for hydroxylation is 4. The van der Waals surface area contributed by atoms with Crippen molar-refractivity contribution in [2.45, 2.75) is 40.7 Å². The fourth-order valence-electron chi connectivity index (χ4n) is 3.60. The molecule has 0 saturated carbocycles. The highest BCUT2D eigenvalue weighted by Gasteiger charge is 2.21. The van der Waals surface area contributed by atoms with Gasteiger partial charge >= 0.3 is 0 Å². The van der Waals surface area contributed by atoms with E-state index in [0.29, 0.717) is 13.0 Å². The molecule has 0 atom stereocenters. The van der Waals surface area contributed by atoms with Gasteiger partial charge in [0.05, 0.1) is 23.2 Å². The first kappa shape index (κ1) is 20.2. The molecule has 2 aromatic heterocycles. The van der Waals surface area contributed by atoms with Crippen molar-refractivity contribution < 1.29 is 4.79 Å². The van der Waals surface area contributed by atoms with Gasteiger partial charge in [-0.25, -0.2) is 4.98 Å². The van der Waals surface area contributed by atoms with Crippen molar-refractivity contribution in [3.05, 3.63) is 88.2 Å². The average molecular weight is 416 g/mol. The number of pyridine rings is 1. The number of rotatable bonds is 5. The minimum atomic E-state index is 0.0375. The SMILES string of the molecule is Cc1cc(C)c2sc(N(Cc3cccnc3)C(=O)Cc3ccc(C)c(C)c3)nc2c1. The minimum Gasteiger partial charge on any atom is -0.283 e. The zero-order valence-corrected chi connectivity index (χ0v) is 18.6. The second kappa shape index (κ2) is 8.36. The molecule has 5 heteroatoms. The third kappa shape index (κ3) is 4.26. The van der Waals surface area contributed by atoms with Crippen LogP contribution in [0.5, 0.6) is 0 Å². The Morgan fingerprint density at radius 1 is 0.967 bits per heavy atom. The van der Waals surface area contributed by atoms with Gasteiger partial charge in [0.2, 0.25) is 5.91 Å². The molecule has 2 aromatic carbocycles. The van der Waals surface area contributed by atoms with Crippen molar-refractivity contribution in [3.8, 4) is 0 Å². The van der Waals surface area contributed by atoms with Crippen molar-refractivity contribution >= 4 is 32.6 Å². The van der Waals surface area contributed by atoms with E-state index in [-0.39, 0.29) is 5.91 Å². The molecule has 0 radical (unpaired) electrons. The second-order valence-electron chi connectivity index (χ2n) is 7.86. The van der Waals surface area contributed by atoms with E-state index in [1.807, 2.05) is 18.2 Å². The van der Waals surface area contributed by atoms with Gasteiger partial charge in [-0.05, 0) is 73.2 Å². The van der Waals surface area contributed by atoms with Crippen LogP contribution in [-0.4, -0.2) is 15.9 Å². The molecule has 0 bridgehead atoms. The molecule has 0 spiro atoms. The largest absolute Gasteiger partial charge is 0.283 e. The molecule has 4 nitrogen and oxygen atoms in total. The number of hydrogen-bond donors (Lipinski definition) is 0. The van der Waals surface area contributed by atoms with Crippen LogP contribution in [0, 0.1) is 27.7 Å². The lowest BCUT2D eigenvalue weighted by Gasteiger charge is -2.20. The third-order valence-corrected chi connectivity index (χ3v) is 6.56. The zero-order valence-electron chi connectivity index (χ0n) is 17.8. The molecule has 0 saturated heterocycles. The van der Waals surface area contributed by atoms with Crippen molar-refractivity contribution in [1.82, 2.24) is 9.97 Å². The van der Waals surface area contributed by atoms with Crippen LogP contribution in [0.1, 0.15) is 33.4 Å². The number of carbonyl (C=O) groups excluding carboxylic acids is 1. The summed E-state index contributed by atoms with van der Waals surface area (Å²) < 4.78 is 1.13. The summed E-state index contributed by atoms with van der Waals surface area (Å²) in [6, 6.07) is 14.3. The Morgan fingerprint density at radius 3 is 2.53 bits per heavy atom. The normalized spacial score (nSPS) is 11.1. The van der Waals surface area contributed by atoms with E-state index in [1.54, 1.807) is 28.6 Å². The number of aromatic nitrogens is 2. The smallest absolute Gasteiger partial charge is 0.233 e. The molecular formula is C25H25N3OS. The highest BCUT2D eigenvalue weighted by Crippen LogP contribution is 2.33. The standard InChI is InChI=1S/C25H25N3OS/c1-16-10-19(4)24-22(11-16)27-25(30-24)28(15-21-6-5-9-26-14-21)23(29)13-20-8-7-17(2)18(3)12-20/h5-12,14H,13,15H2,1-4H3. The number of anilines is 1. The second-order valence-corrected chi connectivity index (χ2v) is 8.84. The van der Waals surface area contributed by atoms with Crippen LogP contribution < -0.4 is 4.90 Å².